The van der Waals surface area contributed by atoms with E-state index in [9.17, 15) is 18.8 Å². The predicted octanol–water partition coefficient (Wildman–Crippen LogP) is 3.07. The van der Waals surface area contributed by atoms with Crippen LogP contribution in [0.1, 0.15) is 12.2 Å². The van der Waals surface area contributed by atoms with Gasteiger partial charge in [0.25, 0.3) is 5.91 Å². The lowest BCUT2D eigenvalue weighted by molar-refractivity contribution is -0.151. The van der Waals surface area contributed by atoms with E-state index in [-0.39, 0.29) is 31.2 Å². The van der Waals surface area contributed by atoms with E-state index in [1.165, 1.54) is 34.6 Å². The number of ether oxygens (including phenoxy) is 1. The number of carbonyl (C=O) groups is 3. The summed E-state index contributed by atoms with van der Waals surface area (Å²) in [5.74, 6) is -1.65. The average Bonchev–Trinajstić information content (AvgIpc) is 3.50. The monoisotopic (exact) mass is 443 g/mol. The van der Waals surface area contributed by atoms with E-state index in [2.05, 4.69) is 10.3 Å². The Hall–Kier alpha value is -3.53. The minimum atomic E-state index is -0.625. The fourth-order valence-corrected chi connectivity index (χ4v) is 3.90. The highest BCUT2D eigenvalue weighted by atomic mass is 32.1. The SMILES string of the molecule is O=C(COC(=O)[C@@H]1CC(=O)N(Cc2ccco2)C1)Nc1nc(-c2ccc(F)cc2)cs1. The lowest BCUT2D eigenvalue weighted by Gasteiger charge is -2.14. The number of nitrogens with one attached hydrogen (secondary N) is 1. The Morgan fingerprint density at radius 2 is 2.10 bits per heavy atom. The third kappa shape index (κ3) is 5.15. The van der Waals surface area contributed by atoms with Gasteiger partial charge in [0.15, 0.2) is 11.7 Å². The summed E-state index contributed by atoms with van der Waals surface area (Å²) < 4.78 is 23.3. The van der Waals surface area contributed by atoms with Crippen LogP contribution in [0.3, 0.4) is 0 Å². The van der Waals surface area contributed by atoms with Crippen LogP contribution < -0.4 is 5.32 Å². The van der Waals surface area contributed by atoms with Crippen molar-refractivity contribution in [2.45, 2.75) is 13.0 Å². The van der Waals surface area contributed by atoms with Crippen LogP contribution in [0.15, 0.2) is 52.5 Å². The summed E-state index contributed by atoms with van der Waals surface area (Å²) in [6, 6.07) is 9.33. The largest absolute Gasteiger partial charge is 0.467 e. The van der Waals surface area contributed by atoms with E-state index < -0.39 is 24.4 Å². The maximum absolute atomic E-state index is 13.0. The second-order valence-electron chi connectivity index (χ2n) is 6.96. The summed E-state index contributed by atoms with van der Waals surface area (Å²) in [4.78, 5) is 42.3. The molecule has 31 heavy (non-hydrogen) atoms. The number of aromatic nitrogens is 1. The first kappa shape index (κ1) is 20.7. The number of benzene rings is 1. The van der Waals surface area contributed by atoms with Crippen molar-refractivity contribution in [3.8, 4) is 11.3 Å². The fraction of sp³-hybridized carbons (Fsp3) is 0.238. The third-order valence-corrected chi connectivity index (χ3v) is 5.47. The second kappa shape index (κ2) is 9.09. The maximum Gasteiger partial charge on any atom is 0.311 e. The van der Waals surface area contributed by atoms with Crippen LogP contribution in [-0.4, -0.2) is 40.8 Å². The molecule has 0 aliphatic carbocycles. The van der Waals surface area contributed by atoms with E-state index >= 15 is 0 Å². The Kier molecular flexibility index (Phi) is 6.08. The van der Waals surface area contributed by atoms with E-state index in [0.29, 0.717) is 16.6 Å². The number of thiazole rings is 1. The van der Waals surface area contributed by atoms with Crippen LogP contribution >= 0.6 is 11.3 Å². The Morgan fingerprint density at radius 1 is 1.29 bits per heavy atom. The van der Waals surface area contributed by atoms with Gasteiger partial charge in [0, 0.05) is 23.9 Å². The molecule has 0 saturated carbocycles. The second-order valence-corrected chi connectivity index (χ2v) is 7.81. The Balaban J connectivity index is 1.25. The molecule has 3 aromatic rings. The smallest absolute Gasteiger partial charge is 0.311 e. The summed E-state index contributed by atoms with van der Waals surface area (Å²) in [6.45, 7) is 0.0250. The van der Waals surface area contributed by atoms with Crippen LogP contribution in [0.25, 0.3) is 11.3 Å². The number of carbonyl (C=O) groups excluding carboxylic acids is 3. The Morgan fingerprint density at radius 3 is 2.84 bits per heavy atom. The zero-order valence-corrected chi connectivity index (χ0v) is 17.1. The number of halogens is 1. The normalized spacial score (nSPS) is 15.8. The van der Waals surface area contributed by atoms with Crippen LogP contribution in [-0.2, 0) is 25.7 Å². The zero-order chi connectivity index (χ0) is 21.8. The molecule has 2 aromatic heterocycles. The molecule has 0 radical (unpaired) electrons. The van der Waals surface area contributed by atoms with Crippen molar-refractivity contribution in [1.29, 1.82) is 0 Å². The van der Waals surface area contributed by atoms with Crippen molar-refractivity contribution < 1.29 is 27.9 Å². The highest BCUT2D eigenvalue weighted by Crippen LogP contribution is 2.25. The number of hydrogen-bond donors (Lipinski definition) is 1. The van der Waals surface area contributed by atoms with Gasteiger partial charge < -0.3 is 14.1 Å². The van der Waals surface area contributed by atoms with Crippen LogP contribution in [0.2, 0.25) is 0 Å². The molecule has 0 bridgehead atoms. The molecule has 1 aliphatic heterocycles. The molecule has 1 aliphatic rings. The molecule has 1 fully saturated rings. The number of furan rings is 1. The number of rotatable bonds is 7. The van der Waals surface area contributed by atoms with E-state index in [1.807, 2.05) is 0 Å². The first-order valence-corrected chi connectivity index (χ1v) is 10.3. The summed E-state index contributed by atoms with van der Waals surface area (Å²) in [6.07, 6.45) is 1.56. The molecule has 1 N–H and O–H groups in total. The summed E-state index contributed by atoms with van der Waals surface area (Å²) in [5.41, 5.74) is 1.31. The number of likely N-dealkylation sites (tertiary alicyclic amines) is 1. The Labute approximate surface area is 180 Å². The molecule has 1 atom stereocenters. The van der Waals surface area contributed by atoms with Crippen LogP contribution in [0.5, 0.6) is 0 Å². The molecule has 1 saturated heterocycles. The minimum absolute atomic E-state index is 0.0364. The third-order valence-electron chi connectivity index (χ3n) is 4.71. The summed E-state index contributed by atoms with van der Waals surface area (Å²) in [5, 5.41) is 4.63. The fourth-order valence-electron chi connectivity index (χ4n) is 3.17. The summed E-state index contributed by atoms with van der Waals surface area (Å²) >= 11 is 1.20. The number of amides is 2. The molecule has 2 amide bonds. The van der Waals surface area contributed by atoms with Gasteiger partial charge in [-0.05, 0) is 36.4 Å². The van der Waals surface area contributed by atoms with Gasteiger partial charge in [-0.15, -0.1) is 11.3 Å². The Bertz CT molecular complexity index is 1080. The lowest BCUT2D eigenvalue weighted by atomic mass is 10.1. The first-order chi connectivity index (χ1) is 15.0. The average molecular weight is 443 g/mol. The highest BCUT2D eigenvalue weighted by Gasteiger charge is 2.35. The summed E-state index contributed by atoms with van der Waals surface area (Å²) in [7, 11) is 0. The first-order valence-electron chi connectivity index (χ1n) is 9.46. The van der Waals surface area contributed by atoms with Gasteiger partial charge >= 0.3 is 5.97 Å². The van der Waals surface area contributed by atoms with E-state index in [0.717, 1.165) is 5.56 Å². The van der Waals surface area contributed by atoms with Gasteiger partial charge in [0.2, 0.25) is 5.91 Å². The van der Waals surface area contributed by atoms with Crippen LogP contribution in [0.4, 0.5) is 9.52 Å². The van der Waals surface area contributed by atoms with Gasteiger partial charge in [-0.25, -0.2) is 9.37 Å². The number of anilines is 1. The molecule has 0 spiro atoms. The van der Waals surface area contributed by atoms with Crippen molar-refractivity contribution >= 4 is 34.3 Å². The van der Waals surface area contributed by atoms with E-state index in [4.69, 9.17) is 9.15 Å². The molecule has 0 unspecified atom stereocenters. The quantitative estimate of drug-likeness (QED) is 0.563. The number of esters is 1. The molecule has 160 valence electrons. The van der Waals surface area contributed by atoms with Crippen molar-refractivity contribution in [3.63, 3.8) is 0 Å². The number of nitrogens with zero attached hydrogens (tertiary/aromatic N) is 2. The van der Waals surface area contributed by atoms with Crippen molar-refractivity contribution in [2.24, 2.45) is 5.92 Å². The van der Waals surface area contributed by atoms with Gasteiger partial charge in [-0.2, -0.15) is 0 Å². The van der Waals surface area contributed by atoms with Gasteiger partial charge in [-0.1, -0.05) is 0 Å². The molecule has 3 heterocycles. The standard InChI is InChI=1S/C21H18FN3O5S/c22-15-5-3-13(4-6-15)17-12-31-21(23-17)24-18(26)11-30-20(28)14-8-19(27)25(9-14)10-16-2-1-7-29-16/h1-7,12,14H,8-11H2,(H,23,24,26)/t14-/m1/s1. The molecule has 10 heteroatoms. The zero-order valence-electron chi connectivity index (χ0n) is 16.2. The van der Waals surface area contributed by atoms with Crippen molar-refractivity contribution in [3.05, 3.63) is 59.6 Å². The molecular formula is C21H18FN3O5S. The highest BCUT2D eigenvalue weighted by molar-refractivity contribution is 7.14. The van der Waals surface area contributed by atoms with Gasteiger partial charge in [0.1, 0.15) is 11.6 Å². The molecular weight excluding hydrogens is 425 g/mol. The molecule has 4 rings (SSSR count). The minimum Gasteiger partial charge on any atom is -0.467 e. The van der Waals surface area contributed by atoms with Crippen molar-refractivity contribution in [1.82, 2.24) is 9.88 Å². The molecule has 1 aromatic carbocycles. The van der Waals surface area contributed by atoms with Gasteiger partial charge in [-0.3, -0.25) is 19.7 Å². The van der Waals surface area contributed by atoms with E-state index in [1.54, 1.807) is 29.6 Å². The number of hydrogen-bond acceptors (Lipinski definition) is 7. The van der Waals surface area contributed by atoms with Gasteiger partial charge in [0.05, 0.1) is 24.4 Å². The van der Waals surface area contributed by atoms with Crippen molar-refractivity contribution in [2.75, 3.05) is 18.5 Å². The van der Waals surface area contributed by atoms with Crippen LogP contribution in [0, 0.1) is 11.7 Å². The maximum atomic E-state index is 13.0. The lowest BCUT2D eigenvalue weighted by Crippen LogP contribution is -2.28. The topological polar surface area (TPSA) is 102 Å². The molecule has 8 nitrogen and oxygen atoms in total. The predicted molar refractivity (Wildman–Crippen MR) is 109 cm³/mol.